The van der Waals surface area contributed by atoms with Crippen LogP contribution in [0.2, 0.25) is 0 Å². The molecule has 7 nitrogen and oxygen atoms in total. The van der Waals surface area contributed by atoms with Gasteiger partial charge in [0.2, 0.25) is 17.7 Å². The van der Waals surface area contributed by atoms with Crippen LogP contribution < -0.4 is 21.7 Å². The van der Waals surface area contributed by atoms with E-state index in [9.17, 15) is 14.4 Å². The van der Waals surface area contributed by atoms with E-state index < -0.39 is 11.4 Å². The lowest BCUT2D eigenvalue weighted by atomic mass is 9.91. The van der Waals surface area contributed by atoms with Crippen LogP contribution in [0.25, 0.3) is 0 Å². The number of hydrogen-bond donors (Lipinski definition) is 4. The molecule has 8 heteroatoms. The van der Waals surface area contributed by atoms with Gasteiger partial charge in [0.25, 0.3) is 0 Å². The van der Waals surface area contributed by atoms with Crippen molar-refractivity contribution in [3.63, 3.8) is 0 Å². The zero-order valence-electron chi connectivity index (χ0n) is 13.1. The molecule has 0 rings (SSSR count). The number of hydrogen-bond acceptors (Lipinski definition) is 4. The minimum absolute atomic E-state index is 0. The van der Waals surface area contributed by atoms with Gasteiger partial charge in [-0.25, -0.2) is 0 Å². The highest BCUT2D eigenvalue weighted by molar-refractivity contribution is 5.87. The molecule has 0 fully saturated rings. The lowest BCUT2D eigenvalue weighted by Crippen LogP contribution is -2.54. The van der Waals surface area contributed by atoms with Crippen LogP contribution in [-0.2, 0) is 14.4 Å². The minimum atomic E-state index is -0.479. The number of carbonyl (C=O) groups is 3. The highest BCUT2D eigenvalue weighted by Crippen LogP contribution is 2.14. The zero-order chi connectivity index (χ0) is 15.8. The Morgan fingerprint density at radius 2 is 1.62 bits per heavy atom. The Labute approximate surface area is 132 Å². The first-order chi connectivity index (χ1) is 9.18. The van der Waals surface area contributed by atoms with E-state index in [1.165, 1.54) is 6.92 Å². The van der Waals surface area contributed by atoms with Gasteiger partial charge in [0.15, 0.2) is 0 Å². The van der Waals surface area contributed by atoms with Gasteiger partial charge >= 0.3 is 0 Å². The van der Waals surface area contributed by atoms with Gasteiger partial charge in [0.1, 0.15) is 0 Å². The zero-order valence-corrected chi connectivity index (χ0v) is 13.9. The first-order valence-electron chi connectivity index (χ1n) is 6.70. The molecular formula is C13H27ClN4O3. The van der Waals surface area contributed by atoms with E-state index >= 15 is 0 Å². The van der Waals surface area contributed by atoms with Gasteiger partial charge in [-0.05, 0) is 19.3 Å². The summed E-state index contributed by atoms with van der Waals surface area (Å²) in [5.74, 6) is -0.598. The van der Waals surface area contributed by atoms with E-state index in [1.54, 1.807) is 0 Å². The van der Waals surface area contributed by atoms with E-state index in [1.807, 2.05) is 6.92 Å². The maximum Gasteiger partial charge on any atom is 0.239 e. The van der Waals surface area contributed by atoms with E-state index in [2.05, 4.69) is 29.8 Å². The number of halogens is 1. The Bertz CT molecular complexity index is 363. The lowest BCUT2D eigenvalue weighted by molar-refractivity contribution is -0.127. The van der Waals surface area contributed by atoms with Crippen molar-refractivity contribution in [1.82, 2.24) is 16.0 Å². The molecule has 0 spiro atoms. The predicted octanol–water partition coefficient (Wildman–Crippen LogP) is -0.460. The van der Waals surface area contributed by atoms with Gasteiger partial charge in [-0.15, -0.1) is 12.4 Å². The van der Waals surface area contributed by atoms with E-state index in [-0.39, 0.29) is 37.3 Å². The van der Waals surface area contributed by atoms with Gasteiger partial charge in [0.05, 0.1) is 13.1 Å². The SMILES string of the molecule is CC(=O)NCC(=O)NCC(=O)NC(C)(CN)CC(C)C.Cl. The molecule has 0 aromatic heterocycles. The van der Waals surface area contributed by atoms with E-state index in [0.29, 0.717) is 12.5 Å². The maximum absolute atomic E-state index is 11.8. The molecule has 0 saturated carbocycles. The van der Waals surface area contributed by atoms with Crippen molar-refractivity contribution in [3.8, 4) is 0 Å². The molecule has 0 aliphatic carbocycles. The fraction of sp³-hybridized carbons (Fsp3) is 0.769. The predicted molar refractivity (Wildman–Crippen MR) is 84.0 cm³/mol. The second-order valence-corrected chi connectivity index (χ2v) is 5.60. The monoisotopic (exact) mass is 322 g/mol. The lowest BCUT2D eigenvalue weighted by Gasteiger charge is -2.31. The molecular weight excluding hydrogens is 296 g/mol. The molecule has 5 N–H and O–H groups in total. The van der Waals surface area contributed by atoms with Crippen LogP contribution in [0.15, 0.2) is 0 Å². The number of nitrogens with two attached hydrogens (primary N) is 1. The van der Waals surface area contributed by atoms with Crippen LogP contribution in [0.4, 0.5) is 0 Å². The number of nitrogens with one attached hydrogen (secondary N) is 3. The minimum Gasteiger partial charge on any atom is -0.348 e. The third-order valence-electron chi connectivity index (χ3n) is 2.69. The Morgan fingerprint density at radius 1 is 1.10 bits per heavy atom. The molecule has 21 heavy (non-hydrogen) atoms. The van der Waals surface area contributed by atoms with Crippen molar-refractivity contribution in [2.45, 2.75) is 39.7 Å². The normalized spacial score (nSPS) is 12.9. The molecule has 0 aliphatic rings. The summed E-state index contributed by atoms with van der Waals surface area (Å²) in [6.07, 6.45) is 0.759. The smallest absolute Gasteiger partial charge is 0.239 e. The summed E-state index contributed by atoms with van der Waals surface area (Å²) < 4.78 is 0. The van der Waals surface area contributed by atoms with Crippen molar-refractivity contribution >= 4 is 30.1 Å². The van der Waals surface area contributed by atoms with Crippen LogP contribution >= 0.6 is 12.4 Å². The van der Waals surface area contributed by atoms with Crippen LogP contribution in [0.3, 0.4) is 0 Å². The summed E-state index contributed by atoms with van der Waals surface area (Å²) in [5.41, 5.74) is 5.21. The first-order valence-corrected chi connectivity index (χ1v) is 6.70. The molecule has 0 aromatic rings. The third kappa shape index (κ3) is 11.0. The fourth-order valence-electron chi connectivity index (χ4n) is 1.91. The number of amides is 3. The molecule has 1 atom stereocenters. The maximum atomic E-state index is 11.8. The van der Waals surface area contributed by atoms with Crippen LogP contribution in [0.1, 0.15) is 34.1 Å². The van der Waals surface area contributed by atoms with Crippen molar-refractivity contribution in [3.05, 3.63) is 0 Å². The molecule has 0 radical (unpaired) electrons. The molecule has 1 unspecified atom stereocenters. The van der Waals surface area contributed by atoms with Crippen molar-refractivity contribution < 1.29 is 14.4 Å². The summed E-state index contributed by atoms with van der Waals surface area (Å²) in [6, 6.07) is 0. The quantitative estimate of drug-likeness (QED) is 0.484. The Hall–Kier alpha value is -1.34. The summed E-state index contributed by atoms with van der Waals surface area (Å²) in [7, 11) is 0. The molecule has 0 heterocycles. The number of carbonyl (C=O) groups excluding carboxylic acids is 3. The molecule has 3 amide bonds. The molecule has 0 aromatic carbocycles. The first kappa shape index (κ1) is 21.9. The Balaban J connectivity index is 0. The average Bonchev–Trinajstić information content (AvgIpc) is 2.32. The standard InChI is InChI=1S/C13H26N4O3.ClH/c1-9(2)5-13(4,8-14)17-12(20)7-16-11(19)6-15-10(3)18;/h9H,5-8,14H2,1-4H3,(H,15,18)(H,16,19)(H,17,20);1H. The Morgan fingerprint density at radius 3 is 2.05 bits per heavy atom. The Kier molecular flexibility index (Phi) is 10.9. The summed E-state index contributed by atoms with van der Waals surface area (Å²) in [6.45, 7) is 7.36. The molecule has 0 bridgehead atoms. The average molecular weight is 323 g/mol. The van der Waals surface area contributed by atoms with Gasteiger partial charge in [-0.3, -0.25) is 14.4 Å². The van der Waals surface area contributed by atoms with Crippen LogP contribution in [-0.4, -0.2) is 42.9 Å². The highest BCUT2D eigenvalue weighted by atomic mass is 35.5. The van der Waals surface area contributed by atoms with Crippen molar-refractivity contribution in [1.29, 1.82) is 0 Å². The van der Waals surface area contributed by atoms with E-state index in [4.69, 9.17) is 5.73 Å². The second kappa shape index (κ2) is 10.4. The van der Waals surface area contributed by atoms with Crippen molar-refractivity contribution in [2.75, 3.05) is 19.6 Å². The van der Waals surface area contributed by atoms with Crippen molar-refractivity contribution in [2.24, 2.45) is 11.7 Å². The van der Waals surface area contributed by atoms with Gasteiger partial charge < -0.3 is 21.7 Å². The van der Waals surface area contributed by atoms with Gasteiger partial charge in [-0.1, -0.05) is 13.8 Å². The molecule has 124 valence electrons. The second-order valence-electron chi connectivity index (χ2n) is 5.60. The number of rotatable bonds is 8. The molecule has 0 saturated heterocycles. The largest absolute Gasteiger partial charge is 0.348 e. The van der Waals surface area contributed by atoms with Gasteiger partial charge in [-0.2, -0.15) is 0 Å². The molecule has 0 aliphatic heterocycles. The van der Waals surface area contributed by atoms with Crippen LogP contribution in [0, 0.1) is 5.92 Å². The highest BCUT2D eigenvalue weighted by Gasteiger charge is 2.25. The van der Waals surface area contributed by atoms with E-state index in [0.717, 1.165) is 6.42 Å². The van der Waals surface area contributed by atoms with Gasteiger partial charge in [0, 0.05) is 19.0 Å². The van der Waals surface area contributed by atoms with Crippen LogP contribution in [0.5, 0.6) is 0 Å². The summed E-state index contributed by atoms with van der Waals surface area (Å²) >= 11 is 0. The summed E-state index contributed by atoms with van der Waals surface area (Å²) in [5, 5.41) is 7.61. The third-order valence-corrected chi connectivity index (χ3v) is 2.69. The fourth-order valence-corrected chi connectivity index (χ4v) is 1.91. The summed E-state index contributed by atoms with van der Waals surface area (Å²) in [4.78, 5) is 33.7. The topological polar surface area (TPSA) is 113 Å².